The van der Waals surface area contributed by atoms with Crippen LogP contribution in [-0.2, 0) is 6.18 Å². The van der Waals surface area contributed by atoms with Gasteiger partial charge in [-0.25, -0.2) is 4.99 Å². The summed E-state index contributed by atoms with van der Waals surface area (Å²) in [5, 5.41) is 2.86. The van der Waals surface area contributed by atoms with Crippen LogP contribution in [-0.4, -0.2) is 5.84 Å². The third-order valence-electron chi connectivity index (χ3n) is 2.83. The van der Waals surface area contributed by atoms with E-state index in [0.717, 1.165) is 23.4 Å². The van der Waals surface area contributed by atoms with Gasteiger partial charge in [0.05, 0.1) is 5.56 Å². The van der Waals surface area contributed by atoms with Gasteiger partial charge < -0.3 is 5.32 Å². The summed E-state index contributed by atoms with van der Waals surface area (Å²) in [7, 11) is 0. The highest BCUT2D eigenvalue weighted by Gasteiger charge is 2.30. The maximum absolute atomic E-state index is 12.7. The zero-order valence-electron chi connectivity index (χ0n) is 12.8. The molecule has 0 saturated carbocycles. The molecule has 1 aromatic rings. The molecule has 0 aliphatic carbocycles. The van der Waals surface area contributed by atoms with Crippen LogP contribution in [0.2, 0.25) is 0 Å². The first-order chi connectivity index (χ1) is 10.3. The minimum Gasteiger partial charge on any atom is -0.344 e. The summed E-state index contributed by atoms with van der Waals surface area (Å²) in [5.41, 5.74) is 1.23. The minimum atomic E-state index is -4.36. The average Bonchev–Trinajstić information content (AvgIpc) is 2.43. The van der Waals surface area contributed by atoms with E-state index in [1.54, 1.807) is 19.1 Å². The Morgan fingerprint density at radius 1 is 1.27 bits per heavy atom. The first-order valence-corrected chi connectivity index (χ1v) is 6.73. The second kappa shape index (κ2) is 7.64. The Balaban J connectivity index is 3.00. The smallest absolute Gasteiger partial charge is 0.344 e. The van der Waals surface area contributed by atoms with Gasteiger partial charge in [-0.1, -0.05) is 30.9 Å². The third-order valence-corrected chi connectivity index (χ3v) is 2.83. The zero-order valence-corrected chi connectivity index (χ0v) is 12.8. The molecule has 0 unspecified atom stereocenters. The van der Waals surface area contributed by atoms with E-state index in [-0.39, 0.29) is 0 Å². The number of allylic oxidation sites excluding steroid dienone is 5. The van der Waals surface area contributed by atoms with Crippen LogP contribution in [0, 0.1) is 0 Å². The van der Waals surface area contributed by atoms with Crippen LogP contribution in [0.25, 0.3) is 0 Å². The van der Waals surface area contributed by atoms with Crippen LogP contribution in [0.1, 0.15) is 26.3 Å². The van der Waals surface area contributed by atoms with Crippen LogP contribution >= 0.6 is 0 Å². The number of hydrogen-bond acceptors (Lipinski definition) is 1. The van der Waals surface area contributed by atoms with Gasteiger partial charge in [0, 0.05) is 11.4 Å². The summed E-state index contributed by atoms with van der Waals surface area (Å²) in [5.74, 6) is 0.501. The molecule has 0 atom stereocenters. The summed E-state index contributed by atoms with van der Waals surface area (Å²) in [4.78, 5) is 4.34. The quantitative estimate of drug-likeness (QED) is 0.439. The van der Waals surface area contributed by atoms with Gasteiger partial charge in [0.25, 0.3) is 0 Å². The number of nitrogens with zero attached hydrogens (tertiary/aromatic N) is 1. The van der Waals surface area contributed by atoms with Crippen LogP contribution in [0.5, 0.6) is 0 Å². The number of alkyl halides is 3. The Hall–Kier alpha value is -2.30. The molecule has 0 saturated heterocycles. The molecule has 118 valence electrons. The molecule has 0 aromatic heterocycles. The summed E-state index contributed by atoms with van der Waals surface area (Å²) >= 11 is 0. The van der Waals surface area contributed by atoms with Gasteiger partial charge in [0.1, 0.15) is 5.84 Å². The molecule has 5 heteroatoms. The SMILES string of the molecule is C=CC(/C=C\C)=C(/C)N=C(C)Nc1cccc(C(F)(F)F)c1. The summed E-state index contributed by atoms with van der Waals surface area (Å²) in [6, 6.07) is 5.01. The number of rotatable bonds is 4. The van der Waals surface area contributed by atoms with Gasteiger partial charge >= 0.3 is 6.18 Å². The fraction of sp³-hybridized carbons (Fsp3) is 0.235. The summed E-state index contributed by atoms with van der Waals surface area (Å²) < 4.78 is 38.0. The molecule has 0 spiro atoms. The lowest BCUT2D eigenvalue weighted by atomic mass is 10.2. The maximum Gasteiger partial charge on any atom is 0.416 e. The maximum atomic E-state index is 12.7. The normalized spacial score (nSPS) is 14.0. The molecular weight excluding hydrogens is 289 g/mol. The van der Waals surface area contributed by atoms with Crippen molar-refractivity contribution >= 4 is 11.5 Å². The van der Waals surface area contributed by atoms with Crippen molar-refractivity contribution in [2.24, 2.45) is 4.99 Å². The van der Waals surface area contributed by atoms with E-state index in [2.05, 4.69) is 16.9 Å². The van der Waals surface area contributed by atoms with E-state index in [4.69, 9.17) is 0 Å². The van der Waals surface area contributed by atoms with Gasteiger partial charge in [-0.05, 0) is 44.5 Å². The Morgan fingerprint density at radius 3 is 2.50 bits per heavy atom. The van der Waals surface area contributed by atoms with Gasteiger partial charge in [-0.3, -0.25) is 0 Å². The number of hydrogen-bond donors (Lipinski definition) is 1. The lowest BCUT2D eigenvalue weighted by Crippen LogP contribution is -2.10. The second-order valence-electron chi connectivity index (χ2n) is 4.65. The van der Waals surface area contributed by atoms with E-state index in [1.807, 2.05) is 26.0 Å². The fourth-order valence-electron chi connectivity index (χ4n) is 1.84. The van der Waals surface area contributed by atoms with E-state index < -0.39 is 11.7 Å². The number of anilines is 1. The second-order valence-corrected chi connectivity index (χ2v) is 4.65. The minimum absolute atomic E-state index is 0.343. The molecule has 0 fully saturated rings. The summed E-state index contributed by atoms with van der Waals surface area (Å²) in [6.07, 6.45) is 1.05. The van der Waals surface area contributed by atoms with Gasteiger partial charge in [-0.15, -0.1) is 0 Å². The molecule has 22 heavy (non-hydrogen) atoms. The Bertz CT molecular complexity index is 623. The highest BCUT2D eigenvalue weighted by atomic mass is 19.4. The first-order valence-electron chi connectivity index (χ1n) is 6.73. The molecule has 0 amide bonds. The standard InChI is InChI=1S/C17H19F3N2/c1-5-8-14(6-2)12(3)21-13(4)22-16-10-7-9-15(11-16)17(18,19)20/h5-11H,2H2,1,3-4H3,(H,21,22)/b8-5-,14-12+. The van der Waals surface area contributed by atoms with Crippen LogP contribution < -0.4 is 5.32 Å². The van der Waals surface area contributed by atoms with Gasteiger partial charge in [0.15, 0.2) is 0 Å². The average molecular weight is 308 g/mol. The van der Waals surface area contributed by atoms with Crippen molar-refractivity contribution in [1.29, 1.82) is 0 Å². The highest BCUT2D eigenvalue weighted by molar-refractivity contribution is 5.94. The van der Waals surface area contributed by atoms with Crippen molar-refractivity contribution in [1.82, 2.24) is 0 Å². The molecule has 1 N–H and O–H groups in total. The number of benzene rings is 1. The van der Waals surface area contributed by atoms with Crippen LogP contribution in [0.15, 0.2) is 65.3 Å². The number of halogens is 3. The highest BCUT2D eigenvalue weighted by Crippen LogP contribution is 2.30. The lowest BCUT2D eigenvalue weighted by molar-refractivity contribution is -0.137. The molecular formula is C17H19F3N2. The Morgan fingerprint density at radius 2 is 1.95 bits per heavy atom. The van der Waals surface area contributed by atoms with Crippen molar-refractivity contribution in [2.75, 3.05) is 5.32 Å². The van der Waals surface area contributed by atoms with Gasteiger partial charge in [0.2, 0.25) is 0 Å². The monoisotopic (exact) mass is 308 g/mol. The molecule has 0 radical (unpaired) electrons. The van der Waals surface area contributed by atoms with E-state index >= 15 is 0 Å². The Labute approximate surface area is 128 Å². The van der Waals surface area contributed by atoms with Crippen molar-refractivity contribution in [2.45, 2.75) is 26.9 Å². The molecule has 2 nitrogen and oxygen atoms in total. The van der Waals surface area contributed by atoms with Crippen LogP contribution in [0.4, 0.5) is 18.9 Å². The zero-order chi connectivity index (χ0) is 16.8. The van der Waals surface area contributed by atoms with E-state index in [1.165, 1.54) is 6.07 Å². The number of amidine groups is 1. The van der Waals surface area contributed by atoms with Crippen molar-refractivity contribution in [3.8, 4) is 0 Å². The topological polar surface area (TPSA) is 24.4 Å². The summed E-state index contributed by atoms with van der Waals surface area (Å²) in [6.45, 7) is 9.10. The Kier molecular flexibility index (Phi) is 6.16. The predicted molar refractivity (Wildman–Crippen MR) is 85.9 cm³/mol. The molecule has 0 aliphatic heterocycles. The van der Waals surface area contributed by atoms with Crippen LogP contribution in [0.3, 0.4) is 0 Å². The molecule has 0 heterocycles. The van der Waals surface area contributed by atoms with Gasteiger partial charge in [-0.2, -0.15) is 13.2 Å². The van der Waals surface area contributed by atoms with E-state index in [0.29, 0.717) is 11.5 Å². The molecule has 0 aliphatic rings. The molecule has 1 rings (SSSR count). The van der Waals surface area contributed by atoms with E-state index in [9.17, 15) is 13.2 Å². The predicted octanol–water partition coefficient (Wildman–Crippen LogP) is 5.57. The molecule has 0 bridgehead atoms. The third kappa shape index (κ3) is 5.24. The fourth-order valence-corrected chi connectivity index (χ4v) is 1.84. The molecule has 1 aromatic carbocycles. The van der Waals surface area contributed by atoms with Crippen molar-refractivity contribution in [3.05, 3.63) is 65.9 Å². The number of nitrogens with one attached hydrogen (secondary N) is 1. The first kappa shape index (κ1) is 17.8. The van der Waals surface area contributed by atoms with Crippen molar-refractivity contribution in [3.63, 3.8) is 0 Å². The largest absolute Gasteiger partial charge is 0.416 e. The lowest BCUT2D eigenvalue weighted by Gasteiger charge is -2.10. The number of aliphatic imine (C=N–C) groups is 1. The van der Waals surface area contributed by atoms with Crippen molar-refractivity contribution < 1.29 is 13.2 Å².